The average Bonchev–Trinajstić information content (AvgIpc) is 2.85. The molecule has 9 nitrogen and oxygen atoms in total. The highest BCUT2D eigenvalue weighted by atomic mass is 19.1. The van der Waals surface area contributed by atoms with Crippen LogP contribution in [0.15, 0.2) is 72.0 Å². The Morgan fingerprint density at radius 2 is 1.79 bits per heavy atom. The molecule has 2 aromatic carbocycles. The molecule has 1 heterocycles. The van der Waals surface area contributed by atoms with E-state index in [1.54, 1.807) is 43.3 Å². The third-order valence-corrected chi connectivity index (χ3v) is 4.35. The van der Waals surface area contributed by atoms with Crippen LogP contribution in [0.3, 0.4) is 0 Å². The minimum atomic E-state index is -0.732. The van der Waals surface area contributed by atoms with Crippen LogP contribution in [0.25, 0.3) is 0 Å². The van der Waals surface area contributed by atoms with Crippen molar-refractivity contribution in [1.82, 2.24) is 10.3 Å². The number of pyridine rings is 1. The number of aromatic hydroxyl groups is 1. The smallest absolute Gasteiger partial charge is 0.325 e. The molecule has 178 valence electrons. The van der Waals surface area contributed by atoms with Gasteiger partial charge in [-0.2, -0.15) is 0 Å². The molecule has 1 aromatic heterocycles. The molecule has 1 unspecified atom stereocenters. The number of rotatable bonds is 8. The lowest BCUT2D eigenvalue weighted by molar-refractivity contribution is -0.146. The molecule has 3 rings (SSSR count). The van der Waals surface area contributed by atoms with E-state index >= 15 is 0 Å². The summed E-state index contributed by atoms with van der Waals surface area (Å²) in [5, 5.41) is 14.9. The lowest BCUT2D eigenvalue weighted by Crippen LogP contribution is -2.33. The van der Waals surface area contributed by atoms with Gasteiger partial charge in [0.15, 0.2) is 17.2 Å². The van der Waals surface area contributed by atoms with Gasteiger partial charge in [-0.15, -0.1) is 4.91 Å². The molecular weight excluding hydrogens is 445 g/mol. The average molecular weight is 469 g/mol. The van der Waals surface area contributed by atoms with Gasteiger partial charge in [0.1, 0.15) is 24.2 Å². The Morgan fingerprint density at radius 3 is 2.38 bits per heavy atom. The lowest BCUT2D eigenvalue weighted by Gasteiger charge is -2.14. The Bertz CT molecular complexity index is 1090. The van der Waals surface area contributed by atoms with Crippen molar-refractivity contribution < 1.29 is 28.6 Å². The summed E-state index contributed by atoms with van der Waals surface area (Å²) in [5.74, 6) is -2.03. The highest BCUT2D eigenvalue weighted by Crippen LogP contribution is 2.27. The number of ether oxygens (including phenoxy) is 2. The molecule has 0 radical (unpaired) electrons. The predicted molar refractivity (Wildman–Crippen MR) is 122 cm³/mol. The monoisotopic (exact) mass is 469 g/mol. The van der Waals surface area contributed by atoms with E-state index < -0.39 is 23.7 Å². The first-order valence-corrected chi connectivity index (χ1v) is 10.2. The number of nitroso groups, excluding NO2 is 1. The van der Waals surface area contributed by atoms with Gasteiger partial charge in [-0.1, -0.05) is 30.3 Å². The van der Waals surface area contributed by atoms with Gasteiger partial charge in [-0.3, -0.25) is 9.59 Å². The molecule has 0 aliphatic carbocycles. The molecule has 0 bridgehead atoms. The number of carbonyl (C=O) groups excluding carboxylic acids is 2. The number of hydrogen-bond donors (Lipinski definition) is 2. The number of methoxy groups -OCH3 is 1. The molecule has 0 saturated heterocycles. The largest absolute Gasteiger partial charge is 0.503 e. The van der Waals surface area contributed by atoms with Gasteiger partial charge in [0.2, 0.25) is 0 Å². The van der Waals surface area contributed by atoms with Crippen LogP contribution < -0.4 is 10.1 Å². The van der Waals surface area contributed by atoms with Crippen LogP contribution >= 0.6 is 0 Å². The van der Waals surface area contributed by atoms with E-state index in [0.29, 0.717) is 12.1 Å². The van der Waals surface area contributed by atoms with Gasteiger partial charge in [-0.05, 0) is 41.9 Å². The van der Waals surface area contributed by atoms with Crippen LogP contribution in [0.5, 0.6) is 11.5 Å². The maximum absolute atomic E-state index is 12.9. The summed E-state index contributed by atoms with van der Waals surface area (Å²) in [5.41, 5.74) is 1.05. The number of benzene rings is 2. The van der Waals surface area contributed by atoms with Crippen LogP contribution in [0.4, 0.5) is 10.1 Å². The first-order chi connectivity index (χ1) is 16.3. The highest BCUT2D eigenvalue weighted by Gasteiger charge is 2.18. The SMILES string of the molecule is COc1ccnc(C(=O)NCC(=O)OC(C)Cc2ccc(F)cc2)c1O.O=Nc1ccccc1. The fraction of sp³-hybridized carbons (Fsp3) is 0.208. The van der Waals surface area contributed by atoms with Crippen molar-refractivity contribution in [3.8, 4) is 11.5 Å². The van der Waals surface area contributed by atoms with Crippen molar-refractivity contribution in [2.75, 3.05) is 13.7 Å². The second-order valence-electron chi connectivity index (χ2n) is 6.95. The third kappa shape index (κ3) is 8.30. The standard InChI is InChI=1S/C18H19FN2O5.C6H5NO/c1-11(9-12-3-5-13(19)6-4-12)26-15(22)10-21-18(24)16-17(23)14(25-2)7-8-20-16;8-7-6-4-2-1-3-5-6/h3-8,11,23H,9-10H2,1-2H3,(H,21,24);1-5H. The molecule has 3 aromatic rings. The number of nitrogens with one attached hydrogen (secondary N) is 1. The number of amides is 1. The zero-order valence-electron chi connectivity index (χ0n) is 18.6. The van der Waals surface area contributed by atoms with Crippen molar-refractivity contribution in [3.63, 3.8) is 0 Å². The Hall–Kier alpha value is -4.34. The van der Waals surface area contributed by atoms with Gasteiger partial charge in [0.25, 0.3) is 5.91 Å². The maximum Gasteiger partial charge on any atom is 0.325 e. The van der Waals surface area contributed by atoms with E-state index in [1.807, 2.05) is 6.07 Å². The van der Waals surface area contributed by atoms with E-state index in [-0.39, 0.29) is 23.8 Å². The summed E-state index contributed by atoms with van der Waals surface area (Å²) in [6.45, 7) is 1.31. The summed E-state index contributed by atoms with van der Waals surface area (Å²) in [4.78, 5) is 37.4. The number of carbonyl (C=O) groups is 2. The van der Waals surface area contributed by atoms with Gasteiger partial charge in [-0.25, -0.2) is 9.37 Å². The number of nitrogens with zero attached hydrogens (tertiary/aromatic N) is 2. The highest BCUT2D eigenvalue weighted by molar-refractivity contribution is 5.97. The van der Waals surface area contributed by atoms with Crippen molar-refractivity contribution in [2.24, 2.45) is 5.18 Å². The summed E-state index contributed by atoms with van der Waals surface area (Å²) in [7, 11) is 1.34. The lowest BCUT2D eigenvalue weighted by atomic mass is 10.1. The first kappa shape index (κ1) is 25.9. The van der Waals surface area contributed by atoms with Crippen LogP contribution in [-0.2, 0) is 16.0 Å². The minimum Gasteiger partial charge on any atom is -0.503 e. The molecule has 34 heavy (non-hydrogen) atoms. The van der Waals surface area contributed by atoms with Crippen molar-refractivity contribution in [1.29, 1.82) is 0 Å². The van der Waals surface area contributed by atoms with Crippen LogP contribution in [0.1, 0.15) is 23.0 Å². The Balaban J connectivity index is 0.000000430. The van der Waals surface area contributed by atoms with Crippen molar-refractivity contribution in [2.45, 2.75) is 19.4 Å². The quantitative estimate of drug-likeness (QED) is 0.378. The molecule has 1 amide bonds. The third-order valence-electron chi connectivity index (χ3n) is 4.35. The number of halogens is 1. The number of hydrogen-bond acceptors (Lipinski definition) is 8. The summed E-state index contributed by atoms with van der Waals surface area (Å²) < 4.78 is 23.0. The van der Waals surface area contributed by atoms with Crippen molar-refractivity contribution >= 4 is 17.6 Å². The topological polar surface area (TPSA) is 127 Å². The fourth-order valence-electron chi connectivity index (χ4n) is 2.75. The molecule has 10 heteroatoms. The maximum atomic E-state index is 12.9. The second-order valence-corrected chi connectivity index (χ2v) is 6.95. The molecule has 0 spiro atoms. The van der Waals surface area contributed by atoms with E-state index in [2.05, 4.69) is 15.5 Å². The van der Waals surface area contributed by atoms with Gasteiger partial charge in [0.05, 0.1) is 7.11 Å². The van der Waals surface area contributed by atoms with Crippen molar-refractivity contribution in [3.05, 3.63) is 88.8 Å². The van der Waals surface area contributed by atoms with Crippen LogP contribution in [-0.4, -0.2) is 41.7 Å². The zero-order valence-corrected chi connectivity index (χ0v) is 18.6. The number of esters is 1. The van der Waals surface area contributed by atoms with Crippen LogP contribution in [0.2, 0.25) is 0 Å². The summed E-state index contributed by atoms with van der Waals surface area (Å²) in [6, 6.07) is 16.0. The molecule has 0 aliphatic rings. The molecule has 1 atom stereocenters. The fourth-order valence-corrected chi connectivity index (χ4v) is 2.75. The van der Waals surface area contributed by atoms with Gasteiger partial charge >= 0.3 is 5.97 Å². The van der Waals surface area contributed by atoms with E-state index in [4.69, 9.17) is 9.47 Å². The van der Waals surface area contributed by atoms with E-state index in [0.717, 1.165) is 5.56 Å². The van der Waals surface area contributed by atoms with Crippen LogP contribution in [0, 0.1) is 10.7 Å². The van der Waals surface area contributed by atoms with E-state index in [9.17, 15) is 24.0 Å². The predicted octanol–water partition coefficient (Wildman–Crippen LogP) is 3.92. The molecule has 0 saturated carbocycles. The van der Waals surface area contributed by atoms with Gasteiger partial charge < -0.3 is 19.9 Å². The first-order valence-electron chi connectivity index (χ1n) is 10.2. The molecular formula is C24H24FN3O6. The number of aromatic nitrogens is 1. The Labute approximate surface area is 195 Å². The molecule has 2 N–H and O–H groups in total. The summed E-state index contributed by atoms with van der Waals surface area (Å²) in [6.07, 6.45) is 1.27. The summed E-state index contributed by atoms with van der Waals surface area (Å²) >= 11 is 0. The second kappa shape index (κ2) is 13.3. The minimum absolute atomic E-state index is 0.0978. The normalized spacial score (nSPS) is 10.8. The Kier molecular flexibility index (Phi) is 10.1. The zero-order chi connectivity index (χ0) is 24.9. The van der Waals surface area contributed by atoms with Gasteiger partial charge in [0, 0.05) is 18.7 Å². The molecule has 0 fully saturated rings. The van der Waals surface area contributed by atoms with E-state index in [1.165, 1.54) is 31.5 Å². The molecule has 0 aliphatic heterocycles. The Morgan fingerprint density at radius 1 is 1.12 bits per heavy atom.